The number of primary amides is 1. The number of hydrogen-bond acceptors (Lipinski definition) is 6. The van der Waals surface area contributed by atoms with Gasteiger partial charge in [-0.1, -0.05) is 12.2 Å². The van der Waals surface area contributed by atoms with Crippen LogP contribution >= 0.6 is 0 Å². The highest BCUT2D eigenvalue weighted by atomic mass is 16.6. The highest BCUT2D eigenvalue weighted by molar-refractivity contribution is 5.83. The molecule has 0 aromatic rings. The highest BCUT2D eigenvalue weighted by Crippen LogP contribution is 2.36. The quantitative estimate of drug-likeness (QED) is 0.524. The van der Waals surface area contributed by atoms with Gasteiger partial charge in [-0.3, -0.25) is 9.69 Å². The van der Waals surface area contributed by atoms with E-state index in [0.717, 1.165) is 0 Å². The van der Waals surface area contributed by atoms with Crippen molar-refractivity contribution >= 4 is 18.0 Å². The molecule has 0 bridgehead atoms. The van der Waals surface area contributed by atoms with Crippen molar-refractivity contribution in [1.29, 1.82) is 0 Å². The molecule has 4 atom stereocenters. The van der Waals surface area contributed by atoms with E-state index >= 15 is 0 Å². The van der Waals surface area contributed by atoms with E-state index in [4.69, 9.17) is 9.47 Å². The van der Waals surface area contributed by atoms with Crippen LogP contribution in [0.1, 0.15) is 75.2 Å². The molecule has 8 heteroatoms. The number of aliphatic hydroxyl groups excluding tert-OH is 1. The van der Waals surface area contributed by atoms with E-state index in [-0.39, 0.29) is 17.9 Å². The lowest BCUT2D eigenvalue weighted by atomic mass is 9.94. The summed E-state index contributed by atoms with van der Waals surface area (Å²) >= 11 is 0. The maximum atomic E-state index is 12.9. The molecule has 1 rings (SSSR count). The van der Waals surface area contributed by atoms with Crippen LogP contribution in [0.2, 0.25) is 0 Å². The zero-order chi connectivity index (χ0) is 23.9. The predicted octanol–water partition coefficient (Wildman–Crippen LogP) is 3.16. The molecule has 0 saturated carbocycles. The minimum absolute atomic E-state index is 0.0420. The molecule has 0 spiro atoms. The summed E-state index contributed by atoms with van der Waals surface area (Å²) in [5, 5.41) is 9.92. The number of carbonyl (C=O) groups excluding carboxylic acids is 3. The Labute approximate surface area is 180 Å². The van der Waals surface area contributed by atoms with Crippen LogP contribution in [-0.2, 0) is 19.1 Å². The maximum Gasteiger partial charge on any atom is 0.411 e. The second-order valence-corrected chi connectivity index (χ2v) is 9.62. The van der Waals surface area contributed by atoms with Gasteiger partial charge in [-0.25, -0.2) is 9.59 Å². The number of allylic oxidation sites excluding steroid dienone is 1. The number of aliphatic hydroxyl groups is 1. The zero-order valence-corrected chi connectivity index (χ0v) is 19.9. The van der Waals surface area contributed by atoms with Crippen LogP contribution in [-0.4, -0.2) is 57.4 Å². The van der Waals surface area contributed by atoms with E-state index in [0.29, 0.717) is 12.8 Å². The van der Waals surface area contributed by atoms with Gasteiger partial charge in [0.25, 0.3) is 0 Å². The van der Waals surface area contributed by atoms with Gasteiger partial charge >= 0.3 is 12.1 Å². The summed E-state index contributed by atoms with van der Waals surface area (Å²) in [5.74, 6) is -0.814. The number of ether oxygens (including phenoxy) is 2. The number of nitrogens with zero attached hydrogens (tertiary/aromatic N) is 1. The number of amides is 2. The SMILES string of the molecule is CC(N)=O.CC=C[C@@H]1C[C@H](C(=O)OC(C)(C)C)N(C(=O)OC(C)(C)C)[C@@H]1CC(C)O. The fraction of sp³-hybridized carbons (Fsp3) is 0.773. The normalized spacial score (nSPS) is 22.9. The highest BCUT2D eigenvalue weighted by Gasteiger charge is 2.49. The second-order valence-electron chi connectivity index (χ2n) is 9.62. The molecule has 1 heterocycles. The van der Waals surface area contributed by atoms with Gasteiger partial charge in [0.1, 0.15) is 17.2 Å². The fourth-order valence-corrected chi connectivity index (χ4v) is 3.21. The van der Waals surface area contributed by atoms with Crippen molar-refractivity contribution in [3.8, 4) is 0 Å². The molecular formula is C22H40N2O6. The van der Waals surface area contributed by atoms with Crippen molar-refractivity contribution in [2.45, 2.75) is 105 Å². The van der Waals surface area contributed by atoms with Crippen molar-refractivity contribution in [2.24, 2.45) is 11.7 Å². The van der Waals surface area contributed by atoms with Gasteiger partial charge in [0, 0.05) is 18.9 Å². The third-order valence-corrected chi connectivity index (χ3v) is 3.99. The first-order chi connectivity index (χ1) is 13.5. The molecule has 174 valence electrons. The Morgan fingerprint density at radius 3 is 1.97 bits per heavy atom. The van der Waals surface area contributed by atoms with Gasteiger partial charge in [-0.2, -0.15) is 0 Å². The predicted molar refractivity (Wildman–Crippen MR) is 116 cm³/mol. The number of likely N-dealkylation sites (tertiary alicyclic amines) is 1. The molecule has 0 radical (unpaired) electrons. The van der Waals surface area contributed by atoms with Gasteiger partial charge in [-0.15, -0.1) is 0 Å². The number of rotatable bonds is 4. The fourth-order valence-electron chi connectivity index (χ4n) is 3.21. The third-order valence-electron chi connectivity index (χ3n) is 3.99. The summed E-state index contributed by atoms with van der Waals surface area (Å²) in [6.45, 7) is 15.7. The molecule has 30 heavy (non-hydrogen) atoms. The molecule has 3 N–H and O–H groups in total. The molecule has 1 unspecified atom stereocenters. The van der Waals surface area contributed by atoms with E-state index < -0.39 is 35.4 Å². The first kappa shape index (κ1) is 27.9. The minimum Gasteiger partial charge on any atom is -0.458 e. The first-order valence-electron chi connectivity index (χ1n) is 10.3. The Balaban J connectivity index is 0.00000192. The Hall–Kier alpha value is -2.09. The summed E-state index contributed by atoms with van der Waals surface area (Å²) in [6, 6.07) is -1.05. The summed E-state index contributed by atoms with van der Waals surface area (Å²) < 4.78 is 11.1. The first-order valence-corrected chi connectivity index (χ1v) is 10.3. The molecule has 1 saturated heterocycles. The molecule has 8 nitrogen and oxygen atoms in total. The van der Waals surface area contributed by atoms with Crippen molar-refractivity contribution in [3.63, 3.8) is 0 Å². The van der Waals surface area contributed by atoms with Crippen LogP contribution in [0.3, 0.4) is 0 Å². The average Bonchev–Trinajstić information content (AvgIpc) is 2.81. The second kappa shape index (κ2) is 11.3. The Kier molecular flexibility index (Phi) is 10.6. The van der Waals surface area contributed by atoms with Crippen LogP contribution in [0.4, 0.5) is 4.79 Å². The molecule has 1 aliphatic rings. The van der Waals surface area contributed by atoms with E-state index in [1.54, 1.807) is 48.5 Å². The standard InChI is InChI=1S/C20H35NO5.C2H5NO/c1-9-10-14-12-16(17(23)25-19(3,4)5)21(15(14)11-13(2)22)18(24)26-20(6,7)8;1-2(3)4/h9-10,13-16,22H,11-12H2,1-8H3;1H3,(H2,3,4)/t13?,14-,15-,16-;/m1./s1. The lowest BCUT2D eigenvalue weighted by Crippen LogP contribution is -2.49. The van der Waals surface area contributed by atoms with Gasteiger partial charge in [-0.05, 0) is 68.2 Å². The largest absolute Gasteiger partial charge is 0.458 e. The Bertz CT molecular complexity index is 612. The van der Waals surface area contributed by atoms with Gasteiger partial charge in [0.2, 0.25) is 5.91 Å². The summed E-state index contributed by atoms with van der Waals surface area (Å²) in [5.41, 5.74) is 3.15. The van der Waals surface area contributed by atoms with Crippen LogP contribution in [0.5, 0.6) is 0 Å². The Morgan fingerprint density at radius 2 is 1.60 bits per heavy atom. The number of esters is 1. The van der Waals surface area contributed by atoms with Crippen LogP contribution in [0.15, 0.2) is 12.2 Å². The van der Waals surface area contributed by atoms with Crippen molar-refractivity contribution in [3.05, 3.63) is 12.2 Å². The van der Waals surface area contributed by atoms with E-state index in [1.165, 1.54) is 11.8 Å². The summed E-state index contributed by atoms with van der Waals surface area (Å²) in [4.78, 5) is 36.3. The van der Waals surface area contributed by atoms with Gasteiger partial charge in [0.15, 0.2) is 0 Å². The van der Waals surface area contributed by atoms with Crippen molar-refractivity contribution in [2.75, 3.05) is 0 Å². The number of carbonyl (C=O) groups is 3. The molecular weight excluding hydrogens is 388 g/mol. The number of nitrogens with two attached hydrogens (primary N) is 1. The van der Waals surface area contributed by atoms with Crippen LogP contribution < -0.4 is 5.73 Å². The number of hydrogen-bond donors (Lipinski definition) is 2. The van der Waals surface area contributed by atoms with Crippen molar-refractivity contribution in [1.82, 2.24) is 4.90 Å². The van der Waals surface area contributed by atoms with Crippen LogP contribution in [0, 0.1) is 5.92 Å². The molecule has 1 fully saturated rings. The van der Waals surface area contributed by atoms with Gasteiger partial charge in [0.05, 0.1) is 6.10 Å². The molecule has 0 aromatic heterocycles. The van der Waals surface area contributed by atoms with Crippen LogP contribution in [0.25, 0.3) is 0 Å². The lowest BCUT2D eigenvalue weighted by Gasteiger charge is -2.34. The molecule has 0 aliphatic carbocycles. The van der Waals surface area contributed by atoms with Crippen molar-refractivity contribution < 1.29 is 29.0 Å². The summed E-state index contributed by atoms with van der Waals surface area (Å²) in [6.07, 6.45) is 3.56. The smallest absolute Gasteiger partial charge is 0.411 e. The molecule has 2 amide bonds. The topological polar surface area (TPSA) is 119 Å². The molecule has 0 aromatic carbocycles. The third kappa shape index (κ3) is 10.6. The monoisotopic (exact) mass is 428 g/mol. The zero-order valence-electron chi connectivity index (χ0n) is 19.9. The van der Waals surface area contributed by atoms with E-state index in [1.807, 2.05) is 19.1 Å². The van der Waals surface area contributed by atoms with E-state index in [2.05, 4.69) is 5.73 Å². The lowest BCUT2D eigenvalue weighted by molar-refractivity contribution is -0.160. The summed E-state index contributed by atoms with van der Waals surface area (Å²) in [7, 11) is 0. The molecule has 1 aliphatic heterocycles. The van der Waals surface area contributed by atoms with E-state index in [9.17, 15) is 19.5 Å². The minimum atomic E-state index is -0.728. The average molecular weight is 429 g/mol. The van der Waals surface area contributed by atoms with Gasteiger partial charge < -0.3 is 20.3 Å². The maximum absolute atomic E-state index is 12.9. The Morgan fingerprint density at radius 1 is 1.13 bits per heavy atom.